The third kappa shape index (κ3) is 1.56. The van der Waals surface area contributed by atoms with Crippen molar-refractivity contribution in [2.75, 3.05) is 0 Å². The minimum Gasteiger partial charge on any atom is -0.508 e. The van der Waals surface area contributed by atoms with Gasteiger partial charge < -0.3 is 9.84 Å². The van der Waals surface area contributed by atoms with Gasteiger partial charge in [0.15, 0.2) is 6.10 Å². The Morgan fingerprint density at radius 2 is 1.92 bits per heavy atom. The van der Waals surface area contributed by atoms with Gasteiger partial charge in [0, 0.05) is 0 Å². The van der Waals surface area contributed by atoms with Gasteiger partial charge in [-0.1, -0.05) is 30.3 Å². The molecule has 1 heterocycles. The summed E-state index contributed by atoms with van der Waals surface area (Å²) in [5.74, 6) is 0.244. The number of aliphatic hydroxyl groups excluding tert-OH is 1. The molecular weight excluding hydrogens is 164 g/mol. The molecule has 0 fully saturated rings. The summed E-state index contributed by atoms with van der Waals surface area (Å²) < 4.78 is 5.28. The molecule has 0 bridgehead atoms. The zero-order valence-corrected chi connectivity index (χ0v) is 7.05. The molecule has 0 amide bonds. The molecule has 66 valence electrons. The Morgan fingerprint density at radius 3 is 2.62 bits per heavy atom. The fraction of sp³-hybridized carbons (Fsp3) is 0.0909. The lowest BCUT2D eigenvalue weighted by Gasteiger charge is -2.18. The van der Waals surface area contributed by atoms with Crippen LogP contribution in [0.3, 0.4) is 0 Å². The van der Waals surface area contributed by atoms with Gasteiger partial charge >= 0.3 is 0 Å². The molecule has 13 heavy (non-hydrogen) atoms. The molecule has 0 radical (unpaired) electrons. The van der Waals surface area contributed by atoms with Crippen LogP contribution in [0, 0.1) is 0 Å². The minimum absolute atomic E-state index is 0.244. The summed E-state index contributed by atoms with van der Waals surface area (Å²) in [6, 6.07) is 9.62. The van der Waals surface area contributed by atoms with Crippen molar-refractivity contribution < 1.29 is 9.84 Å². The van der Waals surface area contributed by atoms with E-state index in [-0.39, 0.29) is 11.9 Å². The third-order valence-corrected chi connectivity index (χ3v) is 1.93. The topological polar surface area (TPSA) is 29.5 Å². The normalized spacial score (nSPS) is 20.6. The first-order chi connectivity index (χ1) is 6.38. The largest absolute Gasteiger partial charge is 0.508 e. The highest BCUT2D eigenvalue weighted by molar-refractivity contribution is 5.26. The van der Waals surface area contributed by atoms with Crippen LogP contribution in [0.25, 0.3) is 0 Å². The average molecular weight is 174 g/mol. The molecule has 2 rings (SSSR count). The molecule has 0 saturated heterocycles. The van der Waals surface area contributed by atoms with Crippen LogP contribution in [0.4, 0.5) is 0 Å². The Balaban J connectivity index is 2.28. The summed E-state index contributed by atoms with van der Waals surface area (Å²) in [7, 11) is 0. The fourth-order valence-corrected chi connectivity index (χ4v) is 1.30. The third-order valence-electron chi connectivity index (χ3n) is 1.93. The molecule has 1 unspecified atom stereocenters. The number of aliphatic hydroxyl groups is 1. The van der Waals surface area contributed by atoms with Gasteiger partial charge in [-0.2, -0.15) is 0 Å². The predicted molar refractivity (Wildman–Crippen MR) is 50.1 cm³/mol. The molecule has 0 aliphatic carbocycles. The summed E-state index contributed by atoms with van der Waals surface area (Å²) in [4.78, 5) is 0. The molecule has 0 aromatic heterocycles. The monoisotopic (exact) mass is 174 g/mol. The Labute approximate surface area is 76.8 Å². The van der Waals surface area contributed by atoms with E-state index in [4.69, 9.17) is 4.74 Å². The van der Waals surface area contributed by atoms with E-state index in [2.05, 4.69) is 0 Å². The number of benzene rings is 1. The van der Waals surface area contributed by atoms with Gasteiger partial charge in [0.1, 0.15) is 5.76 Å². The van der Waals surface area contributed by atoms with Gasteiger partial charge in [-0.05, 0) is 17.7 Å². The van der Waals surface area contributed by atoms with Gasteiger partial charge in [-0.25, -0.2) is 0 Å². The summed E-state index contributed by atoms with van der Waals surface area (Å²) in [6.07, 6.45) is 4.55. The second kappa shape index (κ2) is 3.35. The number of hydrogen-bond donors (Lipinski definition) is 1. The molecule has 0 saturated carbocycles. The Hall–Kier alpha value is -1.70. The fourth-order valence-electron chi connectivity index (χ4n) is 1.30. The van der Waals surface area contributed by atoms with E-state index in [0.29, 0.717) is 0 Å². The molecular formula is C11H10O2. The lowest BCUT2D eigenvalue weighted by molar-refractivity contribution is 0.125. The molecule has 1 aromatic carbocycles. The lowest BCUT2D eigenvalue weighted by atomic mass is 10.1. The SMILES string of the molecule is OC1=CC=COC1c1ccccc1. The molecule has 1 aliphatic heterocycles. The van der Waals surface area contributed by atoms with Gasteiger partial charge in [-0.15, -0.1) is 0 Å². The first-order valence-corrected chi connectivity index (χ1v) is 4.14. The van der Waals surface area contributed by atoms with E-state index in [1.54, 1.807) is 18.4 Å². The first kappa shape index (κ1) is 7.92. The first-order valence-electron chi connectivity index (χ1n) is 4.14. The number of hydrogen-bond acceptors (Lipinski definition) is 2. The van der Waals surface area contributed by atoms with E-state index in [1.165, 1.54) is 0 Å². The van der Waals surface area contributed by atoms with Crippen LogP contribution in [-0.2, 0) is 4.74 Å². The van der Waals surface area contributed by atoms with E-state index in [0.717, 1.165) is 5.56 Å². The van der Waals surface area contributed by atoms with Crippen molar-refractivity contribution in [3.05, 3.63) is 60.1 Å². The zero-order valence-electron chi connectivity index (χ0n) is 7.05. The van der Waals surface area contributed by atoms with E-state index in [1.807, 2.05) is 30.3 Å². The summed E-state index contributed by atoms with van der Waals surface area (Å²) in [6.45, 7) is 0. The summed E-state index contributed by atoms with van der Waals surface area (Å²) in [5, 5.41) is 9.51. The van der Waals surface area contributed by atoms with Crippen molar-refractivity contribution in [1.29, 1.82) is 0 Å². The zero-order chi connectivity index (χ0) is 9.10. The summed E-state index contributed by atoms with van der Waals surface area (Å²) >= 11 is 0. The molecule has 1 N–H and O–H groups in total. The molecule has 2 nitrogen and oxygen atoms in total. The Morgan fingerprint density at radius 1 is 1.15 bits per heavy atom. The number of rotatable bonds is 1. The molecule has 1 aromatic rings. The summed E-state index contributed by atoms with van der Waals surface area (Å²) in [5.41, 5.74) is 0.959. The van der Waals surface area contributed by atoms with Gasteiger partial charge in [0.05, 0.1) is 6.26 Å². The number of allylic oxidation sites excluding steroid dienone is 2. The second-order valence-corrected chi connectivity index (χ2v) is 2.85. The molecule has 0 spiro atoms. The van der Waals surface area contributed by atoms with E-state index < -0.39 is 0 Å². The maximum atomic E-state index is 9.51. The van der Waals surface area contributed by atoms with E-state index >= 15 is 0 Å². The highest BCUT2D eigenvalue weighted by atomic mass is 16.5. The molecule has 1 atom stereocenters. The maximum Gasteiger partial charge on any atom is 0.179 e. The molecule has 2 heteroatoms. The Bertz CT molecular complexity index is 338. The van der Waals surface area contributed by atoms with Crippen LogP contribution in [-0.4, -0.2) is 5.11 Å². The predicted octanol–water partition coefficient (Wildman–Crippen LogP) is 2.71. The maximum absolute atomic E-state index is 9.51. The van der Waals surface area contributed by atoms with Crippen molar-refractivity contribution >= 4 is 0 Å². The average Bonchev–Trinajstić information content (AvgIpc) is 2.20. The smallest absolute Gasteiger partial charge is 0.179 e. The highest BCUT2D eigenvalue weighted by Crippen LogP contribution is 2.26. The van der Waals surface area contributed by atoms with Crippen molar-refractivity contribution in [2.24, 2.45) is 0 Å². The van der Waals surface area contributed by atoms with Crippen LogP contribution in [0.2, 0.25) is 0 Å². The Kier molecular flexibility index (Phi) is 2.04. The van der Waals surface area contributed by atoms with Crippen LogP contribution in [0.15, 0.2) is 54.5 Å². The number of ether oxygens (including phenoxy) is 1. The lowest BCUT2D eigenvalue weighted by Crippen LogP contribution is -2.06. The molecule has 1 aliphatic rings. The standard InChI is InChI=1S/C11H10O2/c12-10-7-4-8-13-11(10)9-5-2-1-3-6-9/h1-8,11-12H. The van der Waals surface area contributed by atoms with Crippen molar-refractivity contribution in [3.63, 3.8) is 0 Å². The van der Waals surface area contributed by atoms with Crippen LogP contribution in [0.5, 0.6) is 0 Å². The van der Waals surface area contributed by atoms with Gasteiger partial charge in [-0.3, -0.25) is 0 Å². The van der Waals surface area contributed by atoms with Gasteiger partial charge in [0.25, 0.3) is 0 Å². The van der Waals surface area contributed by atoms with Gasteiger partial charge in [0.2, 0.25) is 0 Å². The van der Waals surface area contributed by atoms with Crippen molar-refractivity contribution in [1.82, 2.24) is 0 Å². The highest BCUT2D eigenvalue weighted by Gasteiger charge is 2.17. The van der Waals surface area contributed by atoms with Crippen LogP contribution >= 0.6 is 0 Å². The van der Waals surface area contributed by atoms with Crippen molar-refractivity contribution in [3.8, 4) is 0 Å². The second-order valence-electron chi connectivity index (χ2n) is 2.85. The van der Waals surface area contributed by atoms with Crippen molar-refractivity contribution in [2.45, 2.75) is 6.10 Å². The van der Waals surface area contributed by atoms with E-state index in [9.17, 15) is 5.11 Å². The van der Waals surface area contributed by atoms with Crippen LogP contribution in [0.1, 0.15) is 11.7 Å². The quantitative estimate of drug-likeness (QED) is 0.709. The van der Waals surface area contributed by atoms with Crippen LogP contribution < -0.4 is 0 Å². The minimum atomic E-state index is -0.341.